The van der Waals surface area contributed by atoms with Gasteiger partial charge >= 0.3 is 5.97 Å². The SMILES string of the molecule is N#CCCNS(=O)(=O)c1ccc(C(=O)OCCSc2ccccc2F)cc1. The van der Waals surface area contributed by atoms with E-state index in [9.17, 15) is 17.6 Å². The zero-order chi connectivity index (χ0) is 19.7. The first-order valence-corrected chi connectivity index (χ1v) is 10.4. The van der Waals surface area contributed by atoms with Crippen LogP contribution in [0.25, 0.3) is 0 Å². The summed E-state index contributed by atoms with van der Waals surface area (Å²) in [6.45, 7) is 0.107. The van der Waals surface area contributed by atoms with Crippen LogP contribution in [0.1, 0.15) is 16.8 Å². The van der Waals surface area contributed by atoms with Crippen molar-refractivity contribution in [3.05, 3.63) is 59.9 Å². The van der Waals surface area contributed by atoms with Crippen LogP contribution < -0.4 is 4.72 Å². The molecule has 0 aliphatic heterocycles. The molecule has 0 aliphatic carbocycles. The van der Waals surface area contributed by atoms with Crippen molar-refractivity contribution in [1.29, 1.82) is 5.26 Å². The molecule has 0 aliphatic rings. The molecule has 0 amide bonds. The fourth-order valence-electron chi connectivity index (χ4n) is 2.03. The number of nitriles is 1. The lowest BCUT2D eigenvalue weighted by Crippen LogP contribution is -2.24. The van der Waals surface area contributed by atoms with Crippen LogP contribution in [0.15, 0.2) is 58.3 Å². The van der Waals surface area contributed by atoms with Crippen LogP contribution in [0, 0.1) is 17.1 Å². The van der Waals surface area contributed by atoms with Gasteiger partial charge in [-0.2, -0.15) is 5.26 Å². The molecule has 2 aromatic rings. The van der Waals surface area contributed by atoms with Gasteiger partial charge in [0.05, 0.1) is 16.5 Å². The fraction of sp³-hybridized carbons (Fsp3) is 0.222. The van der Waals surface area contributed by atoms with Crippen molar-refractivity contribution >= 4 is 27.8 Å². The Balaban J connectivity index is 1.85. The predicted octanol–water partition coefficient (Wildman–Crippen LogP) is 2.97. The zero-order valence-corrected chi connectivity index (χ0v) is 15.9. The lowest BCUT2D eigenvalue weighted by Gasteiger charge is -2.07. The largest absolute Gasteiger partial charge is 0.461 e. The second kappa shape index (κ2) is 10.1. The van der Waals surface area contributed by atoms with E-state index < -0.39 is 16.0 Å². The molecule has 0 spiro atoms. The lowest BCUT2D eigenvalue weighted by molar-refractivity contribution is 0.0530. The van der Waals surface area contributed by atoms with Gasteiger partial charge in [-0.05, 0) is 36.4 Å². The molecule has 0 radical (unpaired) electrons. The average molecular weight is 408 g/mol. The monoisotopic (exact) mass is 408 g/mol. The Hall–Kier alpha value is -2.41. The summed E-state index contributed by atoms with van der Waals surface area (Å²) in [5.41, 5.74) is 0.210. The molecule has 0 bridgehead atoms. The van der Waals surface area contributed by atoms with Crippen molar-refractivity contribution in [2.75, 3.05) is 18.9 Å². The van der Waals surface area contributed by atoms with Crippen molar-refractivity contribution < 1.29 is 22.3 Å². The standard InChI is InChI=1S/C18H17FN2O4S2/c19-16-4-1-2-5-17(16)26-13-12-25-18(22)14-6-8-15(9-7-14)27(23,24)21-11-3-10-20/h1-2,4-9,21H,3,11-13H2. The van der Waals surface area contributed by atoms with Gasteiger partial charge in [-0.25, -0.2) is 22.3 Å². The minimum Gasteiger partial charge on any atom is -0.461 e. The highest BCUT2D eigenvalue weighted by atomic mass is 32.2. The number of sulfonamides is 1. The molecule has 0 aromatic heterocycles. The summed E-state index contributed by atoms with van der Waals surface area (Å²) in [5, 5.41) is 8.44. The number of thioether (sulfide) groups is 1. The van der Waals surface area contributed by atoms with E-state index in [0.29, 0.717) is 10.6 Å². The molecule has 0 saturated carbocycles. The van der Waals surface area contributed by atoms with Crippen LogP contribution in [0.2, 0.25) is 0 Å². The van der Waals surface area contributed by atoms with Gasteiger partial charge in [-0.15, -0.1) is 11.8 Å². The summed E-state index contributed by atoms with van der Waals surface area (Å²) in [4.78, 5) is 12.5. The van der Waals surface area contributed by atoms with Crippen LogP contribution in [0.4, 0.5) is 4.39 Å². The van der Waals surface area contributed by atoms with E-state index in [1.165, 1.54) is 42.1 Å². The first kappa shape index (κ1) is 20.9. The Bertz CT molecular complexity index is 925. The molecule has 27 heavy (non-hydrogen) atoms. The van der Waals surface area contributed by atoms with Crippen LogP contribution >= 0.6 is 11.8 Å². The van der Waals surface area contributed by atoms with E-state index >= 15 is 0 Å². The molecule has 0 atom stereocenters. The quantitative estimate of drug-likeness (QED) is 0.389. The third kappa shape index (κ3) is 6.36. The van der Waals surface area contributed by atoms with E-state index in [-0.39, 0.29) is 35.8 Å². The van der Waals surface area contributed by atoms with E-state index in [2.05, 4.69) is 4.72 Å². The molecular weight excluding hydrogens is 391 g/mol. The van der Waals surface area contributed by atoms with Gasteiger partial charge in [0, 0.05) is 23.6 Å². The Morgan fingerprint density at radius 2 is 1.89 bits per heavy atom. The van der Waals surface area contributed by atoms with Crippen LogP contribution in [-0.2, 0) is 14.8 Å². The molecular formula is C18H17FN2O4S2. The van der Waals surface area contributed by atoms with Crippen molar-refractivity contribution in [3.63, 3.8) is 0 Å². The summed E-state index contributed by atoms with van der Waals surface area (Å²) >= 11 is 1.24. The molecule has 2 aromatic carbocycles. The molecule has 0 saturated heterocycles. The van der Waals surface area contributed by atoms with Crippen molar-refractivity contribution in [2.45, 2.75) is 16.2 Å². The fourth-order valence-corrected chi connectivity index (χ4v) is 3.83. The third-order valence-electron chi connectivity index (χ3n) is 3.34. The van der Waals surface area contributed by atoms with Crippen LogP contribution in [-0.4, -0.2) is 33.3 Å². The maximum Gasteiger partial charge on any atom is 0.338 e. The minimum absolute atomic E-state index is 0.00732. The van der Waals surface area contributed by atoms with Gasteiger partial charge in [0.2, 0.25) is 10.0 Å². The first-order chi connectivity index (χ1) is 12.9. The number of benzene rings is 2. The first-order valence-electron chi connectivity index (χ1n) is 7.95. The minimum atomic E-state index is -3.72. The highest BCUT2D eigenvalue weighted by Crippen LogP contribution is 2.21. The number of rotatable bonds is 9. The average Bonchev–Trinajstić information content (AvgIpc) is 2.66. The molecule has 6 nitrogen and oxygen atoms in total. The maximum atomic E-state index is 13.5. The third-order valence-corrected chi connectivity index (χ3v) is 5.83. The summed E-state index contributed by atoms with van der Waals surface area (Å²) in [5.74, 6) is -0.526. The maximum absolute atomic E-state index is 13.5. The van der Waals surface area contributed by atoms with Gasteiger partial charge in [0.15, 0.2) is 0 Å². The summed E-state index contributed by atoms with van der Waals surface area (Å²) in [6, 6.07) is 13.5. The highest BCUT2D eigenvalue weighted by Gasteiger charge is 2.15. The van der Waals surface area contributed by atoms with Crippen molar-refractivity contribution in [2.24, 2.45) is 0 Å². The van der Waals surface area contributed by atoms with Gasteiger partial charge in [-0.3, -0.25) is 0 Å². The van der Waals surface area contributed by atoms with E-state index in [4.69, 9.17) is 10.00 Å². The lowest BCUT2D eigenvalue weighted by atomic mass is 10.2. The normalized spacial score (nSPS) is 11.0. The molecule has 1 N–H and O–H groups in total. The molecule has 142 valence electrons. The van der Waals surface area contributed by atoms with Crippen molar-refractivity contribution in [1.82, 2.24) is 4.72 Å². The number of halogens is 1. The summed E-state index contributed by atoms with van der Waals surface area (Å²) < 4.78 is 44.9. The van der Waals surface area contributed by atoms with E-state index in [1.54, 1.807) is 18.2 Å². The number of ether oxygens (including phenoxy) is 1. The number of nitrogens with one attached hydrogen (secondary N) is 1. The van der Waals surface area contributed by atoms with Crippen LogP contribution in [0.5, 0.6) is 0 Å². The number of esters is 1. The van der Waals surface area contributed by atoms with Gasteiger partial charge in [-0.1, -0.05) is 12.1 Å². The summed E-state index contributed by atoms with van der Waals surface area (Å²) in [6.07, 6.45) is 0.0640. The Kier molecular flexibility index (Phi) is 7.79. The number of hydrogen-bond donors (Lipinski definition) is 1. The zero-order valence-electron chi connectivity index (χ0n) is 14.2. The van der Waals surface area contributed by atoms with Gasteiger partial charge in [0.25, 0.3) is 0 Å². The number of nitrogens with zero attached hydrogens (tertiary/aromatic N) is 1. The van der Waals surface area contributed by atoms with E-state index in [1.807, 2.05) is 6.07 Å². The molecule has 2 rings (SSSR count). The molecule has 0 heterocycles. The Morgan fingerprint density at radius 3 is 2.56 bits per heavy atom. The van der Waals surface area contributed by atoms with Crippen LogP contribution in [0.3, 0.4) is 0 Å². The topological polar surface area (TPSA) is 96.3 Å². The molecule has 0 fully saturated rings. The van der Waals surface area contributed by atoms with Gasteiger partial charge < -0.3 is 4.74 Å². The van der Waals surface area contributed by atoms with E-state index in [0.717, 1.165) is 0 Å². The Labute approximate surface area is 161 Å². The molecule has 9 heteroatoms. The number of carbonyl (C=O) groups is 1. The second-order valence-corrected chi connectivity index (χ2v) is 8.15. The predicted molar refractivity (Wildman–Crippen MR) is 99.3 cm³/mol. The van der Waals surface area contributed by atoms with Crippen molar-refractivity contribution in [3.8, 4) is 6.07 Å². The second-order valence-electron chi connectivity index (χ2n) is 5.25. The molecule has 0 unspecified atom stereocenters. The number of hydrogen-bond acceptors (Lipinski definition) is 6. The summed E-state index contributed by atoms with van der Waals surface area (Å²) in [7, 11) is -3.72. The highest BCUT2D eigenvalue weighted by molar-refractivity contribution is 7.99. The smallest absolute Gasteiger partial charge is 0.338 e. The van der Waals surface area contributed by atoms with Gasteiger partial charge in [0.1, 0.15) is 12.4 Å². The number of carbonyl (C=O) groups excluding carboxylic acids is 1. The Morgan fingerprint density at radius 1 is 1.19 bits per heavy atom.